The number of hydrogen-bond donors (Lipinski definition) is 2. The molecule has 18 heavy (non-hydrogen) atoms. The van der Waals surface area contributed by atoms with Crippen LogP contribution in [0.1, 0.15) is 32.6 Å². The summed E-state index contributed by atoms with van der Waals surface area (Å²) >= 11 is 5.98. The van der Waals surface area contributed by atoms with E-state index in [-0.39, 0.29) is 12.6 Å². The van der Waals surface area contributed by atoms with E-state index in [0.717, 1.165) is 16.6 Å². The first-order valence-corrected chi connectivity index (χ1v) is 7.20. The molecule has 0 amide bonds. The van der Waals surface area contributed by atoms with Gasteiger partial charge in [0.25, 0.3) is 0 Å². The van der Waals surface area contributed by atoms with Crippen LogP contribution in [-0.2, 0) is 0 Å². The summed E-state index contributed by atoms with van der Waals surface area (Å²) in [5, 5.41) is 13.8. The molecule has 0 heterocycles. The third kappa shape index (κ3) is 3.63. The Hall–Kier alpha value is -0.730. The van der Waals surface area contributed by atoms with Gasteiger partial charge >= 0.3 is 0 Å². The lowest BCUT2D eigenvalue weighted by molar-refractivity contribution is 0.188. The van der Waals surface area contributed by atoms with E-state index >= 15 is 0 Å². The second-order valence-electron chi connectivity index (χ2n) is 5.48. The lowest BCUT2D eigenvalue weighted by atomic mass is 9.78. The zero-order valence-electron chi connectivity index (χ0n) is 10.9. The number of aliphatic hydroxyl groups is 1. The first kappa shape index (κ1) is 13.7. The number of aliphatic hydroxyl groups excluding tert-OH is 1. The molecule has 1 aromatic rings. The maximum atomic E-state index is 9.60. The Bertz CT molecular complexity index is 383. The molecule has 3 unspecified atom stereocenters. The van der Waals surface area contributed by atoms with Crippen LogP contribution in [-0.4, -0.2) is 17.8 Å². The summed E-state index contributed by atoms with van der Waals surface area (Å²) in [6.07, 6.45) is 5.02. The van der Waals surface area contributed by atoms with E-state index in [4.69, 9.17) is 11.6 Å². The molecule has 1 aliphatic carbocycles. The molecule has 0 saturated heterocycles. The first-order valence-electron chi connectivity index (χ1n) is 6.82. The standard InChI is InChI=1S/C15H22ClNO/c1-11-4-2-5-12(8-11)15(10-18)17-14-7-3-6-13(16)9-14/h3,6-7,9,11-12,15,17-18H,2,4-5,8,10H2,1H3. The largest absolute Gasteiger partial charge is 0.394 e. The molecule has 0 radical (unpaired) electrons. The van der Waals surface area contributed by atoms with Crippen LogP contribution in [0.2, 0.25) is 5.02 Å². The quantitative estimate of drug-likeness (QED) is 0.866. The van der Waals surface area contributed by atoms with E-state index in [1.54, 1.807) is 0 Å². The van der Waals surface area contributed by atoms with E-state index in [1.165, 1.54) is 25.7 Å². The van der Waals surface area contributed by atoms with Gasteiger partial charge in [0, 0.05) is 10.7 Å². The number of halogens is 1. The number of rotatable bonds is 4. The number of hydrogen-bond acceptors (Lipinski definition) is 2. The molecule has 0 aromatic heterocycles. The first-order chi connectivity index (χ1) is 8.69. The van der Waals surface area contributed by atoms with Crippen molar-refractivity contribution < 1.29 is 5.11 Å². The highest BCUT2D eigenvalue weighted by atomic mass is 35.5. The molecule has 2 nitrogen and oxygen atoms in total. The zero-order valence-corrected chi connectivity index (χ0v) is 11.7. The summed E-state index contributed by atoms with van der Waals surface area (Å²) in [7, 11) is 0. The number of benzene rings is 1. The van der Waals surface area contributed by atoms with E-state index < -0.39 is 0 Å². The van der Waals surface area contributed by atoms with Gasteiger partial charge in [-0.2, -0.15) is 0 Å². The van der Waals surface area contributed by atoms with Crippen LogP contribution in [0, 0.1) is 11.8 Å². The summed E-state index contributed by atoms with van der Waals surface area (Å²) in [5.74, 6) is 1.34. The van der Waals surface area contributed by atoms with Gasteiger partial charge in [-0.25, -0.2) is 0 Å². The third-order valence-electron chi connectivity index (χ3n) is 3.92. The average molecular weight is 268 g/mol. The summed E-state index contributed by atoms with van der Waals surface area (Å²) in [5.41, 5.74) is 1.000. The highest BCUT2D eigenvalue weighted by Gasteiger charge is 2.26. The van der Waals surface area contributed by atoms with Gasteiger partial charge in [-0.15, -0.1) is 0 Å². The predicted octanol–water partition coefficient (Wildman–Crippen LogP) is 3.94. The van der Waals surface area contributed by atoms with Crippen LogP contribution < -0.4 is 5.32 Å². The molecular formula is C15H22ClNO. The molecule has 0 aliphatic heterocycles. The van der Waals surface area contributed by atoms with Crippen molar-refractivity contribution in [3.8, 4) is 0 Å². The average Bonchev–Trinajstić information content (AvgIpc) is 2.36. The Kier molecular flexibility index (Phi) is 4.90. The highest BCUT2D eigenvalue weighted by molar-refractivity contribution is 6.30. The van der Waals surface area contributed by atoms with Gasteiger partial charge in [0.1, 0.15) is 0 Å². The lowest BCUT2D eigenvalue weighted by Crippen LogP contribution is -2.35. The summed E-state index contributed by atoms with van der Waals surface area (Å²) < 4.78 is 0. The maximum absolute atomic E-state index is 9.60. The molecule has 2 N–H and O–H groups in total. The van der Waals surface area contributed by atoms with Gasteiger partial charge in [0.05, 0.1) is 12.6 Å². The van der Waals surface area contributed by atoms with Gasteiger partial charge in [-0.1, -0.05) is 37.4 Å². The second kappa shape index (κ2) is 6.44. The van der Waals surface area contributed by atoms with Crippen LogP contribution in [0.5, 0.6) is 0 Å². The van der Waals surface area contributed by atoms with Crippen molar-refractivity contribution in [2.45, 2.75) is 38.6 Å². The van der Waals surface area contributed by atoms with E-state index in [2.05, 4.69) is 12.2 Å². The van der Waals surface area contributed by atoms with Crippen molar-refractivity contribution in [3.63, 3.8) is 0 Å². The van der Waals surface area contributed by atoms with Crippen molar-refractivity contribution in [2.24, 2.45) is 11.8 Å². The van der Waals surface area contributed by atoms with Crippen LogP contribution in [0.15, 0.2) is 24.3 Å². The maximum Gasteiger partial charge on any atom is 0.0635 e. The Morgan fingerprint density at radius 1 is 1.44 bits per heavy atom. The highest BCUT2D eigenvalue weighted by Crippen LogP contribution is 2.32. The van der Waals surface area contributed by atoms with Crippen molar-refractivity contribution in [3.05, 3.63) is 29.3 Å². The topological polar surface area (TPSA) is 32.3 Å². The molecule has 3 heteroatoms. The lowest BCUT2D eigenvalue weighted by Gasteiger charge is -2.33. The van der Waals surface area contributed by atoms with E-state index in [1.807, 2.05) is 24.3 Å². The van der Waals surface area contributed by atoms with Gasteiger partial charge in [-0.3, -0.25) is 0 Å². The summed E-state index contributed by atoms with van der Waals surface area (Å²) in [6, 6.07) is 7.86. The Balaban J connectivity index is 2.00. The summed E-state index contributed by atoms with van der Waals surface area (Å²) in [4.78, 5) is 0. The van der Waals surface area contributed by atoms with Gasteiger partial charge < -0.3 is 10.4 Å². The smallest absolute Gasteiger partial charge is 0.0635 e. The van der Waals surface area contributed by atoms with Crippen molar-refractivity contribution in [1.82, 2.24) is 0 Å². The van der Waals surface area contributed by atoms with Gasteiger partial charge in [0.2, 0.25) is 0 Å². The van der Waals surface area contributed by atoms with E-state index in [0.29, 0.717) is 5.92 Å². The third-order valence-corrected chi connectivity index (χ3v) is 4.15. The van der Waals surface area contributed by atoms with Crippen molar-refractivity contribution in [2.75, 3.05) is 11.9 Å². The molecule has 1 saturated carbocycles. The summed E-state index contributed by atoms with van der Waals surface area (Å²) in [6.45, 7) is 2.49. The molecule has 100 valence electrons. The predicted molar refractivity (Wildman–Crippen MR) is 77.1 cm³/mol. The van der Waals surface area contributed by atoms with Gasteiger partial charge in [-0.05, 0) is 42.9 Å². The monoisotopic (exact) mass is 267 g/mol. The molecule has 0 spiro atoms. The van der Waals surface area contributed by atoms with Gasteiger partial charge in [0.15, 0.2) is 0 Å². The van der Waals surface area contributed by atoms with Crippen molar-refractivity contribution in [1.29, 1.82) is 0 Å². The van der Waals surface area contributed by atoms with Crippen LogP contribution in [0.3, 0.4) is 0 Å². The molecule has 1 fully saturated rings. The van der Waals surface area contributed by atoms with Crippen LogP contribution >= 0.6 is 11.6 Å². The SMILES string of the molecule is CC1CCCC(C(CO)Nc2cccc(Cl)c2)C1. The fourth-order valence-corrected chi connectivity index (χ4v) is 3.14. The van der Waals surface area contributed by atoms with Crippen LogP contribution in [0.25, 0.3) is 0 Å². The Morgan fingerprint density at radius 3 is 2.94 bits per heavy atom. The molecule has 1 aliphatic rings. The molecule has 1 aromatic carbocycles. The normalized spacial score (nSPS) is 25.7. The molecule has 3 atom stereocenters. The second-order valence-corrected chi connectivity index (χ2v) is 5.91. The molecule has 0 bridgehead atoms. The molecular weight excluding hydrogens is 246 g/mol. The van der Waals surface area contributed by atoms with E-state index in [9.17, 15) is 5.11 Å². The minimum atomic E-state index is 0.145. The zero-order chi connectivity index (χ0) is 13.0. The minimum absolute atomic E-state index is 0.145. The fourth-order valence-electron chi connectivity index (χ4n) is 2.95. The molecule has 2 rings (SSSR count). The van der Waals surface area contributed by atoms with Crippen molar-refractivity contribution >= 4 is 17.3 Å². The number of nitrogens with one attached hydrogen (secondary N) is 1. The Labute approximate surface area is 114 Å². The number of anilines is 1. The van der Waals surface area contributed by atoms with Crippen LogP contribution in [0.4, 0.5) is 5.69 Å². The Morgan fingerprint density at radius 2 is 2.28 bits per heavy atom. The fraction of sp³-hybridized carbons (Fsp3) is 0.600. The minimum Gasteiger partial charge on any atom is -0.394 e.